The molecule has 0 unspecified atom stereocenters. The molecule has 2 aliphatic rings. The van der Waals surface area contributed by atoms with Crippen LogP contribution in [0.4, 0.5) is 0 Å². The van der Waals surface area contributed by atoms with Gasteiger partial charge in [-0.25, -0.2) is 19.5 Å². The van der Waals surface area contributed by atoms with Crippen molar-refractivity contribution in [3.8, 4) is 5.75 Å². The highest BCUT2D eigenvalue weighted by molar-refractivity contribution is 7.52. The van der Waals surface area contributed by atoms with E-state index in [0.717, 1.165) is 17.6 Å². The minimum atomic E-state index is -4.01. The maximum Gasteiger partial charge on any atom is 0.459 e. The van der Waals surface area contributed by atoms with E-state index in [1.54, 1.807) is 54.5 Å². The second kappa shape index (κ2) is 11.2. The van der Waals surface area contributed by atoms with Crippen LogP contribution in [0.5, 0.6) is 5.75 Å². The van der Waals surface area contributed by atoms with Gasteiger partial charge < -0.3 is 18.7 Å². The second-order valence-corrected chi connectivity index (χ2v) is 10.6. The smallest absolute Gasteiger partial charge is 0.459 e. The summed E-state index contributed by atoms with van der Waals surface area (Å²) in [6, 6.07) is 7.60. The number of nitrogens with one attached hydrogen (secondary N) is 1. The van der Waals surface area contributed by atoms with E-state index in [0.29, 0.717) is 17.3 Å². The van der Waals surface area contributed by atoms with E-state index in [1.165, 1.54) is 19.8 Å². The lowest BCUT2D eigenvalue weighted by Crippen LogP contribution is -2.35. The van der Waals surface area contributed by atoms with Crippen LogP contribution >= 0.6 is 7.75 Å². The molecule has 0 radical (unpaired) electrons. The molecule has 3 aromatic rings. The summed E-state index contributed by atoms with van der Waals surface area (Å²) in [6.45, 7) is 3.41. The normalized spacial score (nSPS) is 22.0. The molecule has 5 rings (SSSR count). The summed E-state index contributed by atoms with van der Waals surface area (Å²) in [4.78, 5) is 25.5. The van der Waals surface area contributed by atoms with Crippen LogP contribution in [0, 0.1) is 5.92 Å². The monoisotopic (exact) mass is 531 g/mol. The molecule has 1 N–H and O–H groups in total. The number of rotatable bonds is 12. The summed E-state index contributed by atoms with van der Waals surface area (Å²) in [6.07, 6.45) is 5.21. The largest absolute Gasteiger partial charge is 0.465 e. The van der Waals surface area contributed by atoms with Crippen molar-refractivity contribution in [3.63, 3.8) is 0 Å². The first-order valence-electron chi connectivity index (χ1n) is 12.3. The fourth-order valence-corrected chi connectivity index (χ4v) is 5.44. The van der Waals surface area contributed by atoms with Gasteiger partial charge in [0.1, 0.15) is 30.2 Å². The number of carbonyl (C=O) groups is 1. The topological polar surface area (TPSA) is 136 Å². The predicted molar refractivity (Wildman–Crippen MR) is 131 cm³/mol. The van der Waals surface area contributed by atoms with Crippen molar-refractivity contribution in [3.05, 3.63) is 48.7 Å². The minimum absolute atomic E-state index is 0.191. The standard InChI is InChI=1S/C24H30N5O7P/c1-3-32-24(30)16(2)28-37(31,36-18-7-5-4-6-8-18)34-13-21-33-12-20(35-21)29-15-27-22-19(11-17-9-10-17)25-14-26-23(22)29/h4-8,14-17,20-21H,3,9-13H2,1-2H3,(H,28,31)/t16-,20+,21+,37-/m0/s1. The van der Waals surface area contributed by atoms with Crippen molar-refractivity contribution in [2.75, 3.05) is 19.8 Å². The molecule has 0 amide bonds. The number of ether oxygens (including phenoxy) is 3. The number of imidazole rings is 1. The zero-order valence-corrected chi connectivity index (χ0v) is 21.6. The lowest BCUT2D eigenvalue weighted by Gasteiger charge is -2.23. The second-order valence-electron chi connectivity index (χ2n) is 8.95. The van der Waals surface area contributed by atoms with Gasteiger partial charge in [0.25, 0.3) is 0 Å². The van der Waals surface area contributed by atoms with Gasteiger partial charge in [-0.3, -0.25) is 13.9 Å². The Morgan fingerprint density at radius 1 is 1.24 bits per heavy atom. The lowest BCUT2D eigenvalue weighted by atomic mass is 10.2. The van der Waals surface area contributed by atoms with Crippen molar-refractivity contribution in [1.29, 1.82) is 0 Å². The van der Waals surface area contributed by atoms with Gasteiger partial charge in [0.2, 0.25) is 0 Å². The molecule has 1 aliphatic carbocycles. The van der Waals surface area contributed by atoms with Crippen LogP contribution in [0.25, 0.3) is 11.2 Å². The molecular formula is C24H30N5O7P. The SMILES string of the molecule is CCOC(=O)[C@H](C)N[P@](=O)(OC[C@@H]1OC[C@H](n2cnc3c(CC4CC4)ncnc32)O1)Oc1ccccc1. The molecule has 198 valence electrons. The Labute approximate surface area is 214 Å². The Morgan fingerprint density at radius 3 is 2.81 bits per heavy atom. The lowest BCUT2D eigenvalue weighted by molar-refractivity contribution is -0.144. The van der Waals surface area contributed by atoms with Crippen LogP contribution in [-0.4, -0.2) is 57.6 Å². The molecule has 2 aromatic heterocycles. The fourth-order valence-electron chi connectivity index (χ4n) is 3.96. The molecular weight excluding hydrogens is 501 g/mol. The summed E-state index contributed by atoms with van der Waals surface area (Å²) in [5.41, 5.74) is 2.37. The van der Waals surface area contributed by atoms with Crippen LogP contribution in [-0.2, 0) is 34.5 Å². The van der Waals surface area contributed by atoms with E-state index in [4.69, 9.17) is 23.3 Å². The summed E-state index contributed by atoms with van der Waals surface area (Å²) in [5.74, 6) is 0.406. The van der Waals surface area contributed by atoms with Crippen LogP contribution in [0.15, 0.2) is 43.0 Å². The van der Waals surface area contributed by atoms with Crippen molar-refractivity contribution >= 4 is 24.9 Å². The van der Waals surface area contributed by atoms with Crippen LogP contribution in [0.3, 0.4) is 0 Å². The average Bonchev–Trinajstić information content (AvgIpc) is 3.40. The number of para-hydroxylation sites is 1. The molecule has 1 aromatic carbocycles. The molecule has 13 heteroatoms. The van der Waals surface area contributed by atoms with Gasteiger partial charge in [-0.1, -0.05) is 18.2 Å². The number of aromatic nitrogens is 4. The number of carbonyl (C=O) groups excluding carboxylic acids is 1. The van der Waals surface area contributed by atoms with Crippen molar-refractivity contribution in [2.24, 2.45) is 5.92 Å². The number of benzene rings is 1. The zero-order chi connectivity index (χ0) is 25.8. The first kappa shape index (κ1) is 25.7. The van der Waals surface area contributed by atoms with Crippen LogP contribution < -0.4 is 9.61 Å². The molecule has 1 saturated heterocycles. The van der Waals surface area contributed by atoms with Gasteiger partial charge in [-0.2, -0.15) is 5.09 Å². The van der Waals surface area contributed by atoms with Crippen molar-refractivity contribution < 1.29 is 32.6 Å². The zero-order valence-electron chi connectivity index (χ0n) is 20.7. The maximum absolute atomic E-state index is 13.6. The fraction of sp³-hybridized carbons (Fsp3) is 0.500. The number of hydrogen-bond donors (Lipinski definition) is 1. The summed E-state index contributed by atoms with van der Waals surface area (Å²) in [7, 11) is -4.01. The summed E-state index contributed by atoms with van der Waals surface area (Å²) >= 11 is 0. The highest BCUT2D eigenvalue weighted by Gasteiger charge is 2.36. The van der Waals surface area contributed by atoms with Crippen LogP contribution in [0.2, 0.25) is 0 Å². The number of hydrogen-bond acceptors (Lipinski definition) is 10. The summed E-state index contributed by atoms with van der Waals surface area (Å²) in [5, 5.41) is 2.63. The average molecular weight is 532 g/mol. The third kappa shape index (κ3) is 6.34. The van der Waals surface area contributed by atoms with Crippen LogP contribution in [0.1, 0.15) is 38.6 Å². The number of nitrogens with zero attached hydrogens (tertiary/aromatic N) is 4. The van der Waals surface area contributed by atoms with E-state index in [9.17, 15) is 9.36 Å². The van der Waals surface area contributed by atoms with Gasteiger partial charge >= 0.3 is 13.7 Å². The summed E-state index contributed by atoms with van der Waals surface area (Å²) < 4.78 is 43.4. The van der Waals surface area contributed by atoms with E-state index in [2.05, 4.69) is 20.0 Å². The molecule has 0 bridgehead atoms. The quantitative estimate of drug-likeness (QED) is 0.272. The molecule has 37 heavy (non-hydrogen) atoms. The van der Waals surface area contributed by atoms with Gasteiger partial charge in [-0.05, 0) is 51.2 Å². The van der Waals surface area contributed by atoms with Crippen molar-refractivity contribution in [2.45, 2.75) is 51.7 Å². The van der Waals surface area contributed by atoms with E-state index in [1.807, 2.05) is 0 Å². The Bertz CT molecular complexity index is 1270. The highest BCUT2D eigenvalue weighted by Crippen LogP contribution is 2.45. The van der Waals surface area contributed by atoms with Gasteiger partial charge in [0.05, 0.1) is 25.2 Å². The van der Waals surface area contributed by atoms with Gasteiger partial charge in [-0.15, -0.1) is 0 Å². The molecule has 12 nitrogen and oxygen atoms in total. The van der Waals surface area contributed by atoms with Gasteiger partial charge in [0.15, 0.2) is 18.2 Å². The maximum atomic E-state index is 13.6. The molecule has 1 aliphatic heterocycles. The molecule has 4 atom stereocenters. The Balaban J connectivity index is 1.24. The van der Waals surface area contributed by atoms with E-state index >= 15 is 0 Å². The highest BCUT2D eigenvalue weighted by atomic mass is 31.2. The Morgan fingerprint density at radius 2 is 2.05 bits per heavy atom. The minimum Gasteiger partial charge on any atom is -0.465 e. The third-order valence-electron chi connectivity index (χ3n) is 6.00. The van der Waals surface area contributed by atoms with Crippen molar-refractivity contribution in [1.82, 2.24) is 24.6 Å². The molecule has 2 fully saturated rings. The van der Waals surface area contributed by atoms with E-state index in [-0.39, 0.29) is 19.8 Å². The van der Waals surface area contributed by atoms with Gasteiger partial charge in [0, 0.05) is 0 Å². The number of esters is 1. The Kier molecular flexibility index (Phi) is 7.82. The third-order valence-corrected chi connectivity index (χ3v) is 7.64. The van der Waals surface area contributed by atoms with E-state index < -0.39 is 32.3 Å². The first-order chi connectivity index (χ1) is 17.9. The molecule has 1 saturated carbocycles. The Hall–Kier alpha value is -2.89. The molecule has 3 heterocycles. The first-order valence-corrected chi connectivity index (χ1v) is 13.9. The molecule has 0 spiro atoms. The predicted octanol–water partition coefficient (Wildman–Crippen LogP) is 3.40. The number of fused-ring (bicyclic) bond motifs is 1.